The minimum absolute atomic E-state index is 0.0811. The van der Waals surface area contributed by atoms with Crippen molar-refractivity contribution in [3.8, 4) is 5.75 Å². The fourth-order valence-corrected chi connectivity index (χ4v) is 4.20. The Morgan fingerprint density at radius 2 is 2.12 bits per heavy atom. The number of nitrogens with zero attached hydrogens (tertiary/aromatic N) is 1. The van der Waals surface area contributed by atoms with Crippen LogP contribution in [0.25, 0.3) is 0 Å². The summed E-state index contributed by atoms with van der Waals surface area (Å²) < 4.78 is 16.6. The first-order valence-corrected chi connectivity index (χ1v) is 12.3. The molecule has 2 unspecified atom stereocenters. The van der Waals surface area contributed by atoms with Crippen LogP contribution < -0.4 is 15.4 Å². The van der Waals surface area contributed by atoms with Gasteiger partial charge in [0.1, 0.15) is 18.4 Å². The number of rotatable bonds is 10. The number of amides is 2. The third-order valence-electron chi connectivity index (χ3n) is 5.76. The third kappa shape index (κ3) is 7.39. The van der Waals surface area contributed by atoms with Crippen molar-refractivity contribution in [1.82, 2.24) is 15.5 Å². The van der Waals surface area contributed by atoms with E-state index in [4.69, 9.17) is 26.4 Å². The molecule has 0 aliphatic carbocycles. The number of nitrogens with one attached hydrogen (secondary N) is 2. The summed E-state index contributed by atoms with van der Waals surface area (Å²) in [6.07, 6.45) is 4.55. The van der Waals surface area contributed by atoms with E-state index >= 15 is 0 Å². The fraction of sp³-hybridized carbons (Fsp3) is 0.583. The van der Waals surface area contributed by atoms with Crippen LogP contribution >= 0.6 is 12.2 Å². The lowest BCUT2D eigenvalue weighted by molar-refractivity contribution is -0.150. The summed E-state index contributed by atoms with van der Waals surface area (Å²) in [5.74, 6) is -0.801. The summed E-state index contributed by atoms with van der Waals surface area (Å²) in [4.78, 5) is 39.4. The van der Waals surface area contributed by atoms with Crippen LogP contribution in [0.4, 0.5) is 0 Å². The van der Waals surface area contributed by atoms with Crippen LogP contribution in [-0.4, -0.2) is 72.9 Å². The topological polar surface area (TPSA) is 106 Å². The van der Waals surface area contributed by atoms with Crippen LogP contribution in [0.3, 0.4) is 0 Å². The molecule has 0 aromatic heterocycles. The average molecular weight is 492 g/mol. The Morgan fingerprint density at radius 3 is 2.88 bits per heavy atom. The molecule has 2 fully saturated rings. The van der Waals surface area contributed by atoms with Gasteiger partial charge in [0.15, 0.2) is 5.11 Å². The first kappa shape index (κ1) is 25.9. The molecule has 0 bridgehead atoms. The van der Waals surface area contributed by atoms with Crippen molar-refractivity contribution in [1.29, 1.82) is 0 Å². The van der Waals surface area contributed by atoms with Gasteiger partial charge in [0.2, 0.25) is 5.91 Å². The normalized spacial score (nSPS) is 19.9. The summed E-state index contributed by atoms with van der Waals surface area (Å²) in [5, 5.41) is 5.52. The third-order valence-corrected chi connectivity index (χ3v) is 6.10. The van der Waals surface area contributed by atoms with Crippen LogP contribution in [0.15, 0.2) is 24.3 Å². The maximum atomic E-state index is 13.0. The molecule has 1 aromatic rings. The van der Waals surface area contributed by atoms with Gasteiger partial charge in [0.25, 0.3) is 5.91 Å². The number of hydrogen-bond donors (Lipinski definition) is 2. The Bertz CT molecular complexity index is 874. The van der Waals surface area contributed by atoms with E-state index in [9.17, 15) is 14.4 Å². The molecule has 2 N–H and O–H groups in total. The van der Waals surface area contributed by atoms with Crippen molar-refractivity contribution < 1.29 is 28.6 Å². The molecule has 34 heavy (non-hydrogen) atoms. The number of carbonyl (C=O) groups excluding carboxylic acids is 3. The van der Waals surface area contributed by atoms with E-state index in [1.54, 1.807) is 29.2 Å². The van der Waals surface area contributed by atoms with Gasteiger partial charge in [-0.25, -0.2) is 0 Å². The second kappa shape index (κ2) is 13.2. The summed E-state index contributed by atoms with van der Waals surface area (Å²) in [5.41, 5.74) is 0.357. The highest BCUT2D eigenvalue weighted by atomic mass is 32.1. The Kier molecular flexibility index (Phi) is 10.1. The molecule has 2 aliphatic rings. The lowest BCUT2D eigenvalue weighted by Gasteiger charge is -2.36. The predicted molar refractivity (Wildman–Crippen MR) is 130 cm³/mol. The molecule has 0 spiro atoms. The molecule has 10 heteroatoms. The van der Waals surface area contributed by atoms with Crippen molar-refractivity contribution in [3.05, 3.63) is 29.8 Å². The highest BCUT2D eigenvalue weighted by molar-refractivity contribution is 7.80. The zero-order valence-corrected chi connectivity index (χ0v) is 20.4. The smallest absolute Gasteiger partial charge is 0.308 e. The van der Waals surface area contributed by atoms with Crippen LogP contribution in [0.5, 0.6) is 5.75 Å². The largest absolute Gasteiger partial charge is 0.493 e. The van der Waals surface area contributed by atoms with Crippen molar-refractivity contribution in [2.24, 2.45) is 0 Å². The summed E-state index contributed by atoms with van der Waals surface area (Å²) in [6.45, 7) is 4.19. The molecule has 2 aliphatic heterocycles. The zero-order valence-electron chi connectivity index (χ0n) is 19.5. The van der Waals surface area contributed by atoms with Crippen molar-refractivity contribution >= 4 is 35.1 Å². The molecule has 2 atom stereocenters. The average Bonchev–Trinajstić information content (AvgIpc) is 3.36. The van der Waals surface area contributed by atoms with Gasteiger partial charge in [0, 0.05) is 19.7 Å². The molecular formula is C24H33N3O6S. The fourth-order valence-electron chi connectivity index (χ4n) is 3.89. The van der Waals surface area contributed by atoms with Gasteiger partial charge in [-0.1, -0.05) is 31.9 Å². The van der Waals surface area contributed by atoms with E-state index in [1.165, 1.54) is 0 Å². The van der Waals surface area contributed by atoms with E-state index in [0.29, 0.717) is 37.6 Å². The quantitative estimate of drug-likeness (QED) is 0.292. The van der Waals surface area contributed by atoms with Gasteiger partial charge >= 0.3 is 5.97 Å². The highest BCUT2D eigenvalue weighted by Crippen LogP contribution is 2.19. The second-order valence-corrected chi connectivity index (χ2v) is 8.72. The lowest BCUT2D eigenvalue weighted by Crippen LogP contribution is -2.60. The number of thiocarbonyl (C=S) groups is 1. The minimum Gasteiger partial charge on any atom is -0.493 e. The van der Waals surface area contributed by atoms with Gasteiger partial charge in [-0.05, 0) is 43.6 Å². The van der Waals surface area contributed by atoms with Crippen molar-refractivity contribution in [3.63, 3.8) is 0 Å². The van der Waals surface area contributed by atoms with Gasteiger partial charge in [-0.3, -0.25) is 19.7 Å². The maximum absolute atomic E-state index is 13.0. The molecular weight excluding hydrogens is 458 g/mol. The molecule has 2 amide bonds. The number of carbonyl (C=O) groups is 3. The number of esters is 1. The molecule has 2 heterocycles. The molecule has 1 aromatic carbocycles. The van der Waals surface area contributed by atoms with E-state index in [0.717, 1.165) is 32.1 Å². The highest BCUT2D eigenvalue weighted by Gasteiger charge is 2.34. The minimum atomic E-state index is -0.862. The Hall–Kier alpha value is -2.72. The van der Waals surface area contributed by atoms with Crippen LogP contribution in [0.2, 0.25) is 0 Å². The first-order valence-electron chi connectivity index (χ1n) is 11.9. The number of hydrogen-bond acceptors (Lipinski definition) is 7. The summed E-state index contributed by atoms with van der Waals surface area (Å²) in [6, 6.07) is 6.09. The molecule has 0 saturated carbocycles. The van der Waals surface area contributed by atoms with E-state index in [1.807, 2.05) is 0 Å². The summed E-state index contributed by atoms with van der Waals surface area (Å²) >= 11 is 5.45. The molecule has 3 rings (SSSR count). The predicted octanol–water partition coefficient (Wildman–Crippen LogP) is 2.18. The number of unbranched alkanes of at least 4 members (excludes halogenated alkanes) is 2. The van der Waals surface area contributed by atoms with Crippen molar-refractivity contribution in [2.45, 2.75) is 57.6 Å². The van der Waals surface area contributed by atoms with E-state index < -0.39 is 17.9 Å². The standard InChI is InChI=1S/C24H33N3O6S/c1-2-3-6-13-32-20-10-5-4-9-18(20)22(29)26-24(34)27-12-11-25-23(30)19(27)15-21(28)33-16-17-8-7-14-31-17/h4-5,9-10,17,19H,2-3,6-8,11-16H2,1H3,(H,25,30)(H,26,29,34). The zero-order chi connectivity index (χ0) is 24.3. The molecule has 0 radical (unpaired) electrons. The van der Waals surface area contributed by atoms with Crippen molar-refractivity contribution in [2.75, 3.05) is 32.9 Å². The Balaban J connectivity index is 1.59. The lowest BCUT2D eigenvalue weighted by atomic mass is 10.1. The Morgan fingerprint density at radius 1 is 1.29 bits per heavy atom. The van der Waals surface area contributed by atoms with Crippen LogP contribution in [0, 0.1) is 0 Å². The van der Waals surface area contributed by atoms with E-state index in [-0.39, 0.29) is 30.2 Å². The SMILES string of the molecule is CCCCCOc1ccccc1C(=O)NC(=S)N1CCNC(=O)C1CC(=O)OCC1CCCO1. The molecule has 2 saturated heterocycles. The molecule has 9 nitrogen and oxygen atoms in total. The summed E-state index contributed by atoms with van der Waals surface area (Å²) in [7, 11) is 0. The van der Waals surface area contributed by atoms with Crippen LogP contribution in [0.1, 0.15) is 55.8 Å². The van der Waals surface area contributed by atoms with Gasteiger partial charge < -0.3 is 24.4 Å². The van der Waals surface area contributed by atoms with Gasteiger partial charge in [-0.15, -0.1) is 0 Å². The number of ether oxygens (including phenoxy) is 3. The van der Waals surface area contributed by atoms with Gasteiger partial charge in [0.05, 0.1) is 24.7 Å². The van der Waals surface area contributed by atoms with Gasteiger partial charge in [-0.2, -0.15) is 0 Å². The number of benzene rings is 1. The van der Waals surface area contributed by atoms with Crippen LogP contribution in [-0.2, 0) is 19.1 Å². The monoisotopic (exact) mass is 491 g/mol. The Labute approximate surface area is 205 Å². The number of piperazine rings is 1. The van der Waals surface area contributed by atoms with E-state index in [2.05, 4.69) is 17.6 Å². The number of para-hydroxylation sites is 1. The second-order valence-electron chi connectivity index (χ2n) is 8.33. The maximum Gasteiger partial charge on any atom is 0.308 e. The molecule has 186 valence electrons. The first-order chi connectivity index (χ1) is 16.5.